The van der Waals surface area contributed by atoms with Crippen LogP contribution in [0.3, 0.4) is 0 Å². The van der Waals surface area contributed by atoms with Crippen molar-refractivity contribution in [3.63, 3.8) is 0 Å². The highest BCUT2D eigenvalue weighted by Gasteiger charge is 2.26. The summed E-state index contributed by atoms with van der Waals surface area (Å²) < 4.78 is 9.93. The molecule has 18 heavy (non-hydrogen) atoms. The molecule has 1 aromatic heterocycles. The molecule has 0 radical (unpaired) electrons. The number of piperazine rings is 1. The smallest absolute Gasteiger partial charge is 0.276 e. The summed E-state index contributed by atoms with van der Waals surface area (Å²) in [5.74, 6) is 0.490. The number of hydrogen-bond acceptors (Lipinski definition) is 5. The minimum atomic E-state index is -0.0786. The minimum absolute atomic E-state index is 0. The molecular formula is C11H18ClN3O3. The standard InChI is InChI=1S/C11H17N3O3.ClH/c1-8-6-12-3-4-14(8)11(15)10-5-9(7-16-2)17-13-10;/h5,8,12H,3-4,6-7H2,1-2H3;1H. The van der Waals surface area contributed by atoms with E-state index in [1.807, 2.05) is 11.8 Å². The van der Waals surface area contributed by atoms with Gasteiger partial charge < -0.3 is 19.5 Å². The maximum atomic E-state index is 12.2. The van der Waals surface area contributed by atoms with Crippen LogP contribution in [0.5, 0.6) is 0 Å². The maximum Gasteiger partial charge on any atom is 0.276 e. The summed E-state index contributed by atoms with van der Waals surface area (Å²) in [7, 11) is 1.57. The van der Waals surface area contributed by atoms with Crippen LogP contribution in [-0.2, 0) is 11.3 Å². The Kier molecular flexibility index (Phi) is 5.58. The first-order valence-electron chi connectivity index (χ1n) is 5.68. The lowest BCUT2D eigenvalue weighted by atomic mass is 10.2. The predicted molar refractivity (Wildman–Crippen MR) is 67.8 cm³/mol. The second kappa shape index (κ2) is 6.72. The largest absolute Gasteiger partial charge is 0.377 e. The van der Waals surface area contributed by atoms with Crippen LogP contribution in [0.15, 0.2) is 10.6 Å². The number of aromatic nitrogens is 1. The van der Waals surface area contributed by atoms with Gasteiger partial charge in [-0.15, -0.1) is 12.4 Å². The van der Waals surface area contributed by atoms with Crippen LogP contribution < -0.4 is 5.32 Å². The van der Waals surface area contributed by atoms with Crippen molar-refractivity contribution in [2.24, 2.45) is 0 Å². The van der Waals surface area contributed by atoms with Gasteiger partial charge >= 0.3 is 0 Å². The van der Waals surface area contributed by atoms with Gasteiger partial charge in [-0.25, -0.2) is 0 Å². The van der Waals surface area contributed by atoms with Crippen LogP contribution in [-0.4, -0.2) is 48.7 Å². The van der Waals surface area contributed by atoms with Crippen molar-refractivity contribution in [2.45, 2.75) is 19.6 Å². The fraction of sp³-hybridized carbons (Fsp3) is 0.636. The summed E-state index contributed by atoms with van der Waals surface area (Å²) in [6, 6.07) is 1.82. The Labute approximate surface area is 112 Å². The highest BCUT2D eigenvalue weighted by molar-refractivity contribution is 5.92. The first-order chi connectivity index (χ1) is 8.22. The van der Waals surface area contributed by atoms with E-state index in [0.717, 1.165) is 13.1 Å². The number of nitrogens with zero attached hydrogens (tertiary/aromatic N) is 2. The molecule has 1 N–H and O–H groups in total. The topological polar surface area (TPSA) is 67.6 Å². The molecule has 1 saturated heterocycles. The van der Waals surface area contributed by atoms with E-state index in [1.54, 1.807) is 13.2 Å². The van der Waals surface area contributed by atoms with Crippen molar-refractivity contribution in [3.8, 4) is 0 Å². The molecule has 0 aromatic carbocycles. The molecule has 1 amide bonds. The molecule has 7 heteroatoms. The summed E-state index contributed by atoms with van der Waals surface area (Å²) in [6.45, 7) is 4.68. The molecule has 1 fully saturated rings. The van der Waals surface area contributed by atoms with Gasteiger partial charge in [-0.1, -0.05) is 5.16 Å². The fourth-order valence-electron chi connectivity index (χ4n) is 1.91. The summed E-state index contributed by atoms with van der Waals surface area (Å²) >= 11 is 0. The molecule has 0 spiro atoms. The molecule has 2 rings (SSSR count). The normalized spacial score (nSPS) is 19.4. The second-order valence-electron chi connectivity index (χ2n) is 4.16. The van der Waals surface area contributed by atoms with Crippen LogP contribution in [0, 0.1) is 0 Å². The van der Waals surface area contributed by atoms with Crippen molar-refractivity contribution >= 4 is 18.3 Å². The van der Waals surface area contributed by atoms with E-state index < -0.39 is 0 Å². The van der Waals surface area contributed by atoms with Crippen molar-refractivity contribution in [1.29, 1.82) is 0 Å². The average Bonchev–Trinajstić information content (AvgIpc) is 2.78. The van der Waals surface area contributed by atoms with Crippen LogP contribution in [0.2, 0.25) is 0 Å². The second-order valence-corrected chi connectivity index (χ2v) is 4.16. The highest BCUT2D eigenvalue weighted by Crippen LogP contribution is 2.11. The van der Waals surface area contributed by atoms with E-state index in [0.29, 0.717) is 24.6 Å². The molecule has 1 aliphatic heterocycles. The van der Waals surface area contributed by atoms with E-state index in [1.165, 1.54) is 0 Å². The maximum absolute atomic E-state index is 12.2. The molecule has 0 saturated carbocycles. The van der Waals surface area contributed by atoms with Gasteiger partial charge in [-0.2, -0.15) is 0 Å². The number of carbonyl (C=O) groups excluding carboxylic acids is 1. The highest BCUT2D eigenvalue weighted by atomic mass is 35.5. The Morgan fingerprint density at radius 2 is 2.50 bits per heavy atom. The quantitative estimate of drug-likeness (QED) is 0.878. The van der Waals surface area contributed by atoms with Gasteiger partial charge in [0.15, 0.2) is 11.5 Å². The van der Waals surface area contributed by atoms with E-state index in [4.69, 9.17) is 9.26 Å². The van der Waals surface area contributed by atoms with Gasteiger partial charge in [-0.05, 0) is 6.92 Å². The van der Waals surface area contributed by atoms with Crippen LogP contribution >= 0.6 is 12.4 Å². The first-order valence-corrected chi connectivity index (χ1v) is 5.68. The lowest BCUT2D eigenvalue weighted by Crippen LogP contribution is -2.52. The van der Waals surface area contributed by atoms with Gasteiger partial charge in [0.2, 0.25) is 0 Å². The van der Waals surface area contributed by atoms with Gasteiger partial charge in [-0.3, -0.25) is 4.79 Å². The van der Waals surface area contributed by atoms with E-state index in [9.17, 15) is 4.79 Å². The van der Waals surface area contributed by atoms with Gasteiger partial charge in [0, 0.05) is 38.9 Å². The third-order valence-corrected chi connectivity index (χ3v) is 2.83. The van der Waals surface area contributed by atoms with Crippen molar-refractivity contribution < 1.29 is 14.1 Å². The number of carbonyl (C=O) groups is 1. The minimum Gasteiger partial charge on any atom is -0.377 e. The molecule has 6 nitrogen and oxygen atoms in total. The number of halogens is 1. The number of nitrogens with one attached hydrogen (secondary N) is 1. The number of ether oxygens (including phenoxy) is 1. The van der Waals surface area contributed by atoms with Gasteiger partial charge in [0.05, 0.1) is 0 Å². The zero-order chi connectivity index (χ0) is 12.3. The average molecular weight is 276 g/mol. The zero-order valence-corrected chi connectivity index (χ0v) is 11.3. The molecule has 1 aliphatic rings. The number of methoxy groups -OCH3 is 1. The first kappa shape index (κ1) is 14.9. The summed E-state index contributed by atoms with van der Waals surface area (Å²) in [4.78, 5) is 14.0. The van der Waals surface area contributed by atoms with Gasteiger partial charge in [0.25, 0.3) is 5.91 Å². The molecule has 2 heterocycles. The lowest BCUT2D eigenvalue weighted by Gasteiger charge is -2.33. The third kappa shape index (κ3) is 3.22. The predicted octanol–water partition coefficient (Wildman–Crippen LogP) is 0.677. The molecular weight excluding hydrogens is 258 g/mol. The molecule has 1 aromatic rings. The van der Waals surface area contributed by atoms with Gasteiger partial charge in [0.1, 0.15) is 6.61 Å². The molecule has 102 valence electrons. The Morgan fingerprint density at radius 3 is 3.17 bits per heavy atom. The van der Waals surface area contributed by atoms with E-state index in [-0.39, 0.29) is 24.4 Å². The molecule has 1 atom stereocenters. The summed E-state index contributed by atoms with van der Waals surface area (Å²) in [6.07, 6.45) is 0. The Hall–Kier alpha value is -1.11. The van der Waals surface area contributed by atoms with Crippen LogP contribution in [0.1, 0.15) is 23.2 Å². The molecule has 0 aliphatic carbocycles. The van der Waals surface area contributed by atoms with Crippen LogP contribution in [0.4, 0.5) is 0 Å². The number of amides is 1. The third-order valence-electron chi connectivity index (χ3n) is 2.83. The number of rotatable bonds is 3. The molecule has 0 bridgehead atoms. The van der Waals surface area contributed by atoms with Crippen LogP contribution in [0.25, 0.3) is 0 Å². The van der Waals surface area contributed by atoms with Crippen molar-refractivity contribution in [2.75, 3.05) is 26.7 Å². The monoisotopic (exact) mass is 275 g/mol. The Balaban J connectivity index is 0.00000162. The van der Waals surface area contributed by atoms with Crippen molar-refractivity contribution in [3.05, 3.63) is 17.5 Å². The number of hydrogen-bond donors (Lipinski definition) is 1. The van der Waals surface area contributed by atoms with Crippen molar-refractivity contribution in [1.82, 2.24) is 15.4 Å². The SMILES string of the molecule is COCc1cc(C(=O)N2CCNCC2C)no1.Cl. The lowest BCUT2D eigenvalue weighted by molar-refractivity contribution is 0.0644. The zero-order valence-electron chi connectivity index (χ0n) is 10.5. The Morgan fingerprint density at radius 1 is 1.72 bits per heavy atom. The fourth-order valence-corrected chi connectivity index (χ4v) is 1.91. The summed E-state index contributed by atoms with van der Waals surface area (Å²) in [5, 5.41) is 7.02. The summed E-state index contributed by atoms with van der Waals surface area (Å²) in [5.41, 5.74) is 0.353. The van der Waals surface area contributed by atoms with E-state index in [2.05, 4.69) is 10.5 Å². The molecule has 1 unspecified atom stereocenters. The Bertz CT molecular complexity index is 397. The van der Waals surface area contributed by atoms with E-state index >= 15 is 0 Å².